The zero-order chi connectivity index (χ0) is 16.5. The molecule has 0 aliphatic carbocycles. The molecule has 2 aliphatic heterocycles. The van der Waals surface area contributed by atoms with Crippen molar-refractivity contribution in [2.75, 3.05) is 11.4 Å². The van der Waals surface area contributed by atoms with Crippen LogP contribution in [0, 0.1) is 17.1 Å². The number of aryl methyl sites for hydroxylation is 1. The molecule has 0 saturated carbocycles. The molecule has 1 atom stereocenters. The van der Waals surface area contributed by atoms with Crippen molar-refractivity contribution in [3.63, 3.8) is 0 Å². The number of nitriles is 1. The summed E-state index contributed by atoms with van der Waals surface area (Å²) >= 11 is 0. The van der Waals surface area contributed by atoms with Gasteiger partial charge in [-0.3, -0.25) is 0 Å². The van der Waals surface area contributed by atoms with E-state index in [2.05, 4.69) is 19.7 Å². The highest BCUT2D eigenvalue weighted by Gasteiger charge is 2.33. The van der Waals surface area contributed by atoms with E-state index in [1.165, 1.54) is 12.5 Å². The topological polar surface area (TPSA) is 57.7 Å². The molecule has 0 spiro atoms. The predicted molar refractivity (Wildman–Crippen MR) is 88.0 cm³/mol. The van der Waals surface area contributed by atoms with Crippen LogP contribution >= 0.6 is 0 Å². The highest BCUT2D eigenvalue weighted by molar-refractivity contribution is 5.61. The van der Waals surface area contributed by atoms with Crippen LogP contribution in [0.5, 0.6) is 0 Å². The van der Waals surface area contributed by atoms with Crippen LogP contribution in [-0.4, -0.2) is 21.3 Å². The van der Waals surface area contributed by atoms with E-state index in [1.807, 2.05) is 12.1 Å². The summed E-state index contributed by atoms with van der Waals surface area (Å²) in [6, 6.07) is 6.94. The first-order valence-electron chi connectivity index (χ1n) is 8.67. The fourth-order valence-electron chi connectivity index (χ4n) is 3.94. The maximum absolute atomic E-state index is 14.0. The van der Waals surface area contributed by atoms with Gasteiger partial charge in [0.2, 0.25) is 0 Å². The first-order chi connectivity index (χ1) is 11.8. The Balaban J connectivity index is 1.74. The minimum absolute atomic E-state index is 0.0678. The third-order valence-electron chi connectivity index (χ3n) is 5.10. The van der Waals surface area contributed by atoms with Crippen molar-refractivity contribution >= 4 is 5.69 Å². The van der Waals surface area contributed by atoms with Gasteiger partial charge in [-0.05, 0) is 37.8 Å². The Morgan fingerprint density at radius 3 is 2.92 bits per heavy atom. The van der Waals surface area contributed by atoms with Crippen LogP contribution in [0.3, 0.4) is 0 Å². The Morgan fingerprint density at radius 1 is 1.12 bits per heavy atom. The molecular weight excluding hydrogens is 305 g/mol. The van der Waals surface area contributed by atoms with Crippen molar-refractivity contribution in [3.8, 4) is 6.07 Å². The molecule has 0 radical (unpaired) electrons. The van der Waals surface area contributed by atoms with Crippen molar-refractivity contribution in [2.24, 2.45) is 0 Å². The zero-order valence-electron chi connectivity index (χ0n) is 13.6. The predicted octanol–water partition coefficient (Wildman–Crippen LogP) is 3.36. The van der Waals surface area contributed by atoms with Crippen LogP contribution < -0.4 is 4.90 Å². The summed E-state index contributed by atoms with van der Waals surface area (Å²) in [4.78, 5) is 2.13. The molecule has 124 valence electrons. The second-order valence-corrected chi connectivity index (χ2v) is 6.53. The number of halogens is 1. The summed E-state index contributed by atoms with van der Waals surface area (Å²) in [5.41, 5.74) is 0.797. The van der Waals surface area contributed by atoms with Crippen LogP contribution in [0.4, 0.5) is 10.1 Å². The van der Waals surface area contributed by atoms with Crippen LogP contribution in [0.2, 0.25) is 0 Å². The first-order valence-corrected chi connectivity index (χ1v) is 8.67. The van der Waals surface area contributed by atoms with E-state index in [4.69, 9.17) is 0 Å². The molecule has 2 aliphatic rings. The quantitative estimate of drug-likeness (QED) is 0.849. The van der Waals surface area contributed by atoms with Gasteiger partial charge >= 0.3 is 0 Å². The van der Waals surface area contributed by atoms with Crippen LogP contribution in [0.25, 0.3) is 0 Å². The molecular formula is C18H20FN5. The van der Waals surface area contributed by atoms with Gasteiger partial charge in [0.05, 0.1) is 11.7 Å². The molecule has 5 nitrogen and oxygen atoms in total. The van der Waals surface area contributed by atoms with E-state index >= 15 is 0 Å². The lowest BCUT2D eigenvalue weighted by molar-refractivity contribution is 0.558. The van der Waals surface area contributed by atoms with Gasteiger partial charge in [-0.1, -0.05) is 12.5 Å². The maximum atomic E-state index is 14.0. The van der Waals surface area contributed by atoms with Gasteiger partial charge in [0.15, 0.2) is 5.82 Å². The second-order valence-electron chi connectivity index (χ2n) is 6.53. The monoisotopic (exact) mass is 325 g/mol. The van der Waals surface area contributed by atoms with Crippen molar-refractivity contribution in [1.82, 2.24) is 14.8 Å². The van der Waals surface area contributed by atoms with Crippen molar-refractivity contribution in [3.05, 3.63) is 41.2 Å². The molecule has 1 saturated heterocycles. The van der Waals surface area contributed by atoms with Gasteiger partial charge in [0.25, 0.3) is 0 Å². The molecule has 2 aromatic rings. The number of anilines is 1. The highest BCUT2D eigenvalue weighted by atomic mass is 19.1. The summed E-state index contributed by atoms with van der Waals surface area (Å²) in [6.45, 7) is 1.77. The molecule has 0 unspecified atom stereocenters. The Kier molecular flexibility index (Phi) is 3.93. The van der Waals surface area contributed by atoms with Crippen LogP contribution in [0.15, 0.2) is 18.2 Å². The average Bonchev–Trinajstić information content (AvgIpc) is 3.15. The van der Waals surface area contributed by atoms with E-state index in [0.717, 1.165) is 56.8 Å². The molecule has 1 aromatic carbocycles. The van der Waals surface area contributed by atoms with Crippen molar-refractivity contribution in [1.29, 1.82) is 5.26 Å². The number of aromatic nitrogens is 3. The lowest BCUT2D eigenvalue weighted by Gasteiger charge is -2.27. The number of benzene rings is 1. The number of hydrogen-bond donors (Lipinski definition) is 0. The van der Waals surface area contributed by atoms with Crippen molar-refractivity contribution in [2.45, 2.75) is 51.1 Å². The third-order valence-corrected chi connectivity index (χ3v) is 5.10. The Bertz CT molecular complexity index is 791. The largest absolute Gasteiger partial charge is 0.360 e. The van der Waals surface area contributed by atoms with Gasteiger partial charge in [-0.25, -0.2) is 4.39 Å². The summed E-state index contributed by atoms with van der Waals surface area (Å²) in [5.74, 6) is 1.58. The normalized spacial score (nSPS) is 20.5. The van der Waals surface area contributed by atoms with Crippen LogP contribution in [0.1, 0.15) is 55.4 Å². The molecule has 1 aromatic heterocycles. The minimum Gasteiger partial charge on any atom is -0.360 e. The lowest BCUT2D eigenvalue weighted by atomic mass is 10.1. The van der Waals surface area contributed by atoms with Gasteiger partial charge in [0, 0.05) is 19.5 Å². The van der Waals surface area contributed by atoms with Gasteiger partial charge in [-0.2, -0.15) is 5.26 Å². The fourth-order valence-corrected chi connectivity index (χ4v) is 3.94. The lowest BCUT2D eigenvalue weighted by Crippen LogP contribution is -2.26. The Morgan fingerprint density at radius 2 is 2.04 bits per heavy atom. The number of rotatable bonds is 2. The van der Waals surface area contributed by atoms with E-state index < -0.39 is 5.82 Å². The SMILES string of the molecule is N#Cc1c(F)cccc1N1CCC[C@@H]1c1nnc2n1CCCCC2. The molecule has 24 heavy (non-hydrogen) atoms. The number of nitrogens with zero attached hydrogens (tertiary/aromatic N) is 5. The van der Waals surface area contributed by atoms with Gasteiger partial charge < -0.3 is 9.47 Å². The second kappa shape index (κ2) is 6.23. The van der Waals surface area contributed by atoms with E-state index in [0.29, 0.717) is 5.69 Å². The Labute approximate surface area is 140 Å². The summed E-state index contributed by atoms with van der Waals surface area (Å²) in [5, 5.41) is 18.2. The zero-order valence-corrected chi connectivity index (χ0v) is 13.6. The first kappa shape index (κ1) is 15.1. The average molecular weight is 325 g/mol. The van der Waals surface area contributed by atoms with E-state index in [9.17, 15) is 9.65 Å². The highest BCUT2D eigenvalue weighted by Crippen LogP contribution is 2.38. The molecule has 6 heteroatoms. The summed E-state index contributed by atoms with van der Waals surface area (Å²) < 4.78 is 16.3. The fraction of sp³-hybridized carbons (Fsp3) is 0.500. The summed E-state index contributed by atoms with van der Waals surface area (Å²) in [7, 11) is 0. The molecule has 0 bridgehead atoms. The van der Waals surface area contributed by atoms with Gasteiger partial charge in [-0.15, -0.1) is 10.2 Å². The van der Waals surface area contributed by atoms with Gasteiger partial charge in [0.1, 0.15) is 23.3 Å². The molecule has 0 N–H and O–H groups in total. The smallest absolute Gasteiger partial charge is 0.155 e. The molecule has 4 rings (SSSR count). The molecule has 3 heterocycles. The van der Waals surface area contributed by atoms with E-state index in [1.54, 1.807) is 6.07 Å². The number of hydrogen-bond acceptors (Lipinski definition) is 4. The van der Waals surface area contributed by atoms with Crippen LogP contribution in [-0.2, 0) is 13.0 Å². The molecule has 0 amide bonds. The van der Waals surface area contributed by atoms with Crippen molar-refractivity contribution < 1.29 is 4.39 Å². The standard InChI is InChI=1S/C18H20FN5/c19-14-6-4-7-15(13(14)12-20)23-11-5-8-16(23)18-22-21-17-9-2-1-3-10-24(17)18/h4,6-7,16H,1-3,5,8-11H2/t16-/m1/s1. The molecule has 1 fully saturated rings. The summed E-state index contributed by atoms with van der Waals surface area (Å²) in [6.07, 6.45) is 6.47. The number of fused-ring (bicyclic) bond motifs is 1. The van der Waals surface area contributed by atoms with E-state index in [-0.39, 0.29) is 11.6 Å². The third kappa shape index (κ3) is 2.44. The minimum atomic E-state index is -0.458. The maximum Gasteiger partial charge on any atom is 0.155 e. The Hall–Kier alpha value is -2.42.